The van der Waals surface area contributed by atoms with Crippen molar-refractivity contribution in [3.63, 3.8) is 0 Å². The molecule has 1 spiro atoms. The molecule has 1 aliphatic carbocycles. The average molecular weight is 586 g/mol. The molecule has 1 aromatic rings. The van der Waals surface area contributed by atoms with E-state index >= 15 is 0 Å². The second-order valence-electron chi connectivity index (χ2n) is 9.95. The highest BCUT2D eigenvalue weighted by Gasteiger charge is 2.49. The molecule has 0 radical (unpaired) electrons. The normalized spacial score (nSPS) is 20.7. The summed E-state index contributed by atoms with van der Waals surface area (Å²) in [5, 5.41) is 14.2. The Balaban J connectivity index is 0.000000333. The minimum atomic E-state index is -5.08. The molecule has 4 rings (SSSR count). The van der Waals surface area contributed by atoms with Gasteiger partial charge in [-0.15, -0.1) is 0 Å². The van der Waals surface area contributed by atoms with E-state index in [0.717, 1.165) is 44.1 Å². The molecule has 3 heterocycles. The minimum absolute atomic E-state index is 0.221. The third kappa shape index (κ3) is 10.2. The molecular weight excluding hydrogens is 552 g/mol. The quantitative estimate of drug-likeness (QED) is 0.485. The molecule has 9 nitrogen and oxygen atoms in total. The molecule has 3 aliphatic rings. The number of nitrogens with zero attached hydrogens (tertiary/aromatic N) is 3. The third-order valence-corrected chi connectivity index (χ3v) is 7.09. The molecule has 1 aromatic heterocycles. The third-order valence-electron chi connectivity index (χ3n) is 7.09. The fourth-order valence-electron chi connectivity index (χ4n) is 4.89. The van der Waals surface area contributed by atoms with Crippen LogP contribution in [0.4, 0.5) is 26.3 Å². The molecule has 1 atom stereocenters. The molecule has 0 aromatic carbocycles. The lowest BCUT2D eigenvalue weighted by molar-refractivity contribution is -0.193. The lowest BCUT2D eigenvalue weighted by Crippen LogP contribution is -2.56. The Morgan fingerprint density at radius 1 is 0.975 bits per heavy atom. The van der Waals surface area contributed by atoms with Gasteiger partial charge in [0.05, 0.1) is 13.0 Å². The Hall–Kier alpha value is -2.94. The topological polar surface area (TPSA) is 120 Å². The van der Waals surface area contributed by atoms with Gasteiger partial charge in [0.15, 0.2) is 0 Å². The number of piperidine rings is 1. The second-order valence-corrected chi connectivity index (χ2v) is 9.95. The van der Waals surface area contributed by atoms with Crippen LogP contribution in [0.3, 0.4) is 0 Å². The van der Waals surface area contributed by atoms with E-state index in [1.807, 2.05) is 25.3 Å². The Labute approximate surface area is 227 Å². The van der Waals surface area contributed by atoms with Crippen LogP contribution in [0.15, 0.2) is 24.4 Å². The number of ether oxygens (including phenoxy) is 1. The number of pyridine rings is 1. The maximum absolute atomic E-state index is 12.7. The summed E-state index contributed by atoms with van der Waals surface area (Å²) in [5.74, 6) is -4.40. The van der Waals surface area contributed by atoms with Crippen LogP contribution in [0.5, 0.6) is 0 Å². The second kappa shape index (κ2) is 14.1. The van der Waals surface area contributed by atoms with Crippen LogP contribution in [0.25, 0.3) is 0 Å². The van der Waals surface area contributed by atoms with Gasteiger partial charge >= 0.3 is 24.3 Å². The molecule has 1 unspecified atom stereocenters. The van der Waals surface area contributed by atoms with E-state index < -0.39 is 24.3 Å². The van der Waals surface area contributed by atoms with Crippen molar-refractivity contribution < 1.29 is 55.7 Å². The van der Waals surface area contributed by atoms with Gasteiger partial charge in [-0.3, -0.25) is 14.7 Å². The van der Waals surface area contributed by atoms with Gasteiger partial charge in [-0.05, 0) is 56.6 Å². The first-order chi connectivity index (χ1) is 18.6. The summed E-state index contributed by atoms with van der Waals surface area (Å²) < 4.78 is 69.0. The van der Waals surface area contributed by atoms with Crippen LogP contribution < -0.4 is 0 Å². The van der Waals surface area contributed by atoms with Crippen molar-refractivity contribution >= 4 is 17.8 Å². The standard InChI is InChI=1S/C21H31N3O2.2C2HF3O2/c1-26-16-19-7-8-21(24(19)15-17-5-6-17)9-12-23(13-10-21)20(25)14-18-4-2-3-11-22-18;2*3-2(4,5)1(6)7/h2-4,11,17,19H,5-10,12-16H2,1H3;2*(H,6,7). The molecule has 40 heavy (non-hydrogen) atoms. The fraction of sp³-hybridized carbons (Fsp3) is 0.680. The first-order valence-electron chi connectivity index (χ1n) is 12.6. The summed E-state index contributed by atoms with van der Waals surface area (Å²) >= 11 is 0. The van der Waals surface area contributed by atoms with E-state index in [2.05, 4.69) is 14.8 Å². The number of carboxylic acid groups (broad SMARTS) is 2. The summed E-state index contributed by atoms with van der Waals surface area (Å²) in [5.41, 5.74) is 1.17. The highest BCUT2D eigenvalue weighted by atomic mass is 19.4. The zero-order chi connectivity index (χ0) is 30.1. The van der Waals surface area contributed by atoms with Crippen LogP contribution in [-0.4, -0.2) is 100 Å². The van der Waals surface area contributed by atoms with Gasteiger partial charge in [0, 0.05) is 50.2 Å². The molecule has 15 heteroatoms. The summed E-state index contributed by atoms with van der Waals surface area (Å²) in [4.78, 5) is 39.6. The van der Waals surface area contributed by atoms with Crippen molar-refractivity contribution in [3.05, 3.63) is 30.1 Å². The van der Waals surface area contributed by atoms with Crippen LogP contribution in [-0.2, 0) is 25.5 Å². The molecule has 2 aliphatic heterocycles. The van der Waals surface area contributed by atoms with Gasteiger partial charge in [0.2, 0.25) is 5.91 Å². The number of alkyl halides is 6. The van der Waals surface area contributed by atoms with Crippen molar-refractivity contribution in [2.24, 2.45) is 5.92 Å². The van der Waals surface area contributed by atoms with Gasteiger partial charge < -0.3 is 19.8 Å². The molecule has 1 amide bonds. The van der Waals surface area contributed by atoms with Crippen molar-refractivity contribution in [1.29, 1.82) is 0 Å². The molecule has 2 N–H and O–H groups in total. The lowest BCUT2D eigenvalue weighted by atomic mass is 9.84. The molecule has 226 valence electrons. The van der Waals surface area contributed by atoms with Gasteiger partial charge in [0.25, 0.3) is 0 Å². The average Bonchev–Trinajstić information content (AvgIpc) is 3.64. The number of likely N-dealkylation sites (tertiary alicyclic amines) is 2. The number of amides is 1. The van der Waals surface area contributed by atoms with Gasteiger partial charge in [0.1, 0.15) is 0 Å². The Morgan fingerprint density at radius 2 is 1.52 bits per heavy atom. The Bertz CT molecular complexity index is 955. The smallest absolute Gasteiger partial charge is 0.475 e. The van der Waals surface area contributed by atoms with Crippen molar-refractivity contribution in [2.75, 3.05) is 33.4 Å². The maximum Gasteiger partial charge on any atom is 0.490 e. The Kier molecular flexibility index (Phi) is 11.7. The minimum Gasteiger partial charge on any atom is -0.475 e. The zero-order valence-corrected chi connectivity index (χ0v) is 21.9. The predicted molar refractivity (Wildman–Crippen MR) is 128 cm³/mol. The van der Waals surface area contributed by atoms with E-state index in [9.17, 15) is 31.1 Å². The number of aliphatic carboxylic acids is 2. The summed E-state index contributed by atoms with van der Waals surface area (Å²) in [6.45, 7) is 3.84. The number of halogens is 6. The molecule has 1 saturated carbocycles. The van der Waals surface area contributed by atoms with Crippen molar-refractivity contribution in [2.45, 2.75) is 68.9 Å². The summed E-state index contributed by atoms with van der Waals surface area (Å²) in [6, 6.07) is 6.35. The number of carboxylic acids is 2. The van der Waals surface area contributed by atoms with E-state index in [1.54, 1.807) is 6.20 Å². The molecular formula is C25H33F6N3O6. The first kappa shape index (κ1) is 33.3. The van der Waals surface area contributed by atoms with Gasteiger partial charge in [-0.1, -0.05) is 6.07 Å². The SMILES string of the molecule is COCC1CCC2(CCN(C(=O)Cc3ccccn3)CC2)N1CC1CC1.O=C(O)C(F)(F)F.O=C(O)C(F)(F)F. The van der Waals surface area contributed by atoms with Crippen LogP contribution in [0.1, 0.15) is 44.2 Å². The number of methoxy groups -OCH3 is 1. The van der Waals surface area contributed by atoms with Gasteiger partial charge in [-0.25, -0.2) is 9.59 Å². The number of aromatic nitrogens is 1. The van der Waals surface area contributed by atoms with E-state index in [-0.39, 0.29) is 5.91 Å². The Morgan fingerprint density at radius 3 is 1.95 bits per heavy atom. The van der Waals surface area contributed by atoms with E-state index in [0.29, 0.717) is 18.0 Å². The molecule has 3 fully saturated rings. The molecule has 0 bridgehead atoms. The summed E-state index contributed by atoms with van der Waals surface area (Å²) in [6.07, 6.45) is -0.494. The van der Waals surface area contributed by atoms with Crippen LogP contribution in [0.2, 0.25) is 0 Å². The zero-order valence-electron chi connectivity index (χ0n) is 21.9. The number of hydrogen-bond donors (Lipinski definition) is 2. The van der Waals surface area contributed by atoms with E-state index in [4.69, 9.17) is 24.5 Å². The largest absolute Gasteiger partial charge is 0.490 e. The fourth-order valence-corrected chi connectivity index (χ4v) is 4.89. The maximum atomic E-state index is 12.7. The van der Waals surface area contributed by atoms with Crippen molar-refractivity contribution in [3.8, 4) is 0 Å². The lowest BCUT2D eigenvalue weighted by Gasteiger charge is -2.47. The van der Waals surface area contributed by atoms with Gasteiger partial charge in [-0.2, -0.15) is 26.3 Å². The number of carbonyl (C=O) groups is 3. The van der Waals surface area contributed by atoms with Crippen LogP contribution in [0, 0.1) is 5.92 Å². The number of carbonyl (C=O) groups excluding carboxylic acids is 1. The number of rotatable bonds is 6. The van der Waals surface area contributed by atoms with E-state index in [1.165, 1.54) is 32.2 Å². The summed E-state index contributed by atoms with van der Waals surface area (Å²) in [7, 11) is 1.82. The first-order valence-corrected chi connectivity index (χ1v) is 12.6. The number of hydrogen-bond acceptors (Lipinski definition) is 6. The highest BCUT2D eigenvalue weighted by molar-refractivity contribution is 5.78. The monoisotopic (exact) mass is 585 g/mol. The molecule has 2 saturated heterocycles. The highest BCUT2D eigenvalue weighted by Crippen LogP contribution is 2.44. The predicted octanol–water partition coefficient (Wildman–Crippen LogP) is 3.77. The van der Waals surface area contributed by atoms with Crippen LogP contribution >= 0.6 is 0 Å². The van der Waals surface area contributed by atoms with Crippen molar-refractivity contribution in [1.82, 2.24) is 14.8 Å².